The van der Waals surface area contributed by atoms with Crippen molar-refractivity contribution in [3.63, 3.8) is 0 Å². The van der Waals surface area contributed by atoms with Gasteiger partial charge in [0.25, 0.3) is 11.6 Å². The van der Waals surface area contributed by atoms with Gasteiger partial charge < -0.3 is 10.1 Å². The van der Waals surface area contributed by atoms with Crippen molar-refractivity contribution >= 4 is 21.6 Å². The van der Waals surface area contributed by atoms with E-state index in [-0.39, 0.29) is 41.5 Å². The molecule has 0 atom stereocenters. The molecule has 1 heterocycles. The molecule has 0 aliphatic carbocycles. The van der Waals surface area contributed by atoms with Gasteiger partial charge in [0.2, 0.25) is 15.9 Å². The zero-order chi connectivity index (χ0) is 28.3. The summed E-state index contributed by atoms with van der Waals surface area (Å²) in [5.41, 5.74) is -0.998. The summed E-state index contributed by atoms with van der Waals surface area (Å²) in [7, 11) is -2.75. The molecular formula is C23H24F3N5O6S. The van der Waals surface area contributed by atoms with E-state index in [0.717, 1.165) is 30.3 Å². The molecule has 1 amide bonds. The van der Waals surface area contributed by atoms with Crippen LogP contribution in [0.3, 0.4) is 0 Å². The highest BCUT2D eigenvalue weighted by Gasteiger charge is 2.30. The number of rotatable bonds is 10. The molecule has 1 aromatic heterocycles. The third kappa shape index (κ3) is 6.47. The van der Waals surface area contributed by atoms with E-state index >= 15 is 0 Å². The number of nitrogens with one attached hydrogen (secondary N) is 2. The molecule has 2 N–H and O–H groups in total. The van der Waals surface area contributed by atoms with Crippen molar-refractivity contribution in [2.45, 2.75) is 37.9 Å². The third-order valence-corrected chi connectivity index (χ3v) is 6.80. The van der Waals surface area contributed by atoms with Crippen molar-refractivity contribution in [1.29, 1.82) is 0 Å². The second kappa shape index (κ2) is 11.2. The Morgan fingerprint density at radius 1 is 1.21 bits per heavy atom. The van der Waals surface area contributed by atoms with Crippen LogP contribution >= 0.6 is 0 Å². The van der Waals surface area contributed by atoms with E-state index in [9.17, 15) is 36.5 Å². The van der Waals surface area contributed by atoms with Crippen LogP contribution in [0.4, 0.5) is 18.9 Å². The van der Waals surface area contributed by atoms with E-state index < -0.39 is 43.2 Å². The van der Waals surface area contributed by atoms with Gasteiger partial charge in [0, 0.05) is 37.8 Å². The topological polar surface area (TPSA) is 145 Å². The Morgan fingerprint density at radius 2 is 1.92 bits per heavy atom. The molecule has 0 spiro atoms. The highest BCUT2D eigenvalue weighted by molar-refractivity contribution is 7.89. The molecule has 15 heteroatoms. The largest absolute Gasteiger partial charge is 0.438 e. The van der Waals surface area contributed by atoms with Crippen LogP contribution in [-0.4, -0.2) is 35.6 Å². The van der Waals surface area contributed by atoms with Crippen molar-refractivity contribution in [2.75, 3.05) is 6.54 Å². The van der Waals surface area contributed by atoms with Crippen LogP contribution in [-0.2, 0) is 29.8 Å². The van der Waals surface area contributed by atoms with Gasteiger partial charge in [-0.25, -0.2) is 17.8 Å². The number of nitro benzene ring substituents is 1. The molecule has 11 nitrogen and oxygen atoms in total. The van der Waals surface area contributed by atoms with Crippen molar-refractivity contribution in [3.05, 3.63) is 75.0 Å². The van der Waals surface area contributed by atoms with Crippen LogP contribution in [0.25, 0.3) is 0 Å². The number of hydrogen-bond donors (Lipinski definition) is 2. The minimum atomic E-state index is -4.53. The maximum Gasteiger partial charge on any atom is 0.416 e. The SMILES string of the molecule is CCCNS(=O)(=O)c1cc([N+](=O)[O-])ccc1Oc1c(C)c(C(=O)NCc2cccc(C(F)(F)F)c2)nn1C. The normalized spacial score (nSPS) is 11.8. The predicted molar refractivity (Wildman–Crippen MR) is 129 cm³/mol. The van der Waals surface area contributed by atoms with Gasteiger partial charge in [0.1, 0.15) is 10.6 Å². The van der Waals surface area contributed by atoms with E-state index in [1.54, 1.807) is 6.92 Å². The fraction of sp³-hybridized carbons (Fsp3) is 0.304. The Bertz CT molecular complexity index is 1470. The lowest BCUT2D eigenvalue weighted by atomic mass is 10.1. The van der Waals surface area contributed by atoms with Crippen molar-refractivity contribution < 1.29 is 36.0 Å². The number of ether oxygens (including phenoxy) is 1. The molecule has 38 heavy (non-hydrogen) atoms. The summed E-state index contributed by atoms with van der Waals surface area (Å²) in [6.07, 6.45) is -4.05. The van der Waals surface area contributed by atoms with Crippen LogP contribution in [0.2, 0.25) is 0 Å². The Kier molecular flexibility index (Phi) is 8.41. The fourth-order valence-corrected chi connectivity index (χ4v) is 4.70. The molecule has 3 rings (SSSR count). The Balaban J connectivity index is 1.88. The fourth-order valence-electron chi connectivity index (χ4n) is 3.42. The molecule has 0 saturated carbocycles. The Labute approximate surface area is 215 Å². The summed E-state index contributed by atoms with van der Waals surface area (Å²) in [5, 5.41) is 17.8. The summed E-state index contributed by atoms with van der Waals surface area (Å²) in [5.74, 6) is -0.956. The van der Waals surface area contributed by atoms with Gasteiger partial charge in [-0.2, -0.15) is 18.3 Å². The minimum absolute atomic E-state index is 0.0185. The van der Waals surface area contributed by atoms with Gasteiger partial charge in [-0.15, -0.1) is 0 Å². The molecule has 3 aromatic rings. The highest BCUT2D eigenvalue weighted by Crippen LogP contribution is 2.34. The molecule has 0 unspecified atom stereocenters. The number of aryl methyl sites for hydroxylation is 1. The number of alkyl halides is 3. The van der Waals surface area contributed by atoms with Gasteiger partial charge in [0.15, 0.2) is 5.69 Å². The van der Waals surface area contributed by atoms with Crippen molar-refractivity contribution in [2.24, 2.45) is 7.05 Å². The van der Waals surface area contributed by atoms with Crippen molar-refractivity contribution in [3.8, 4) is 11.6 Å². The van der Waals surface area contributed by atoms with E-state index in [4.69, 9.17) is 4.74 Å². The number of halogens is 3. The average molecular weight is 556 g/mol. The lowest BCUT2D eigenvalue weighted by molar-refractivity contribution is -0.385. The molecule has 0 aliphatic rings. The van der Waals surface area contributed by atoms with E-state index in [1.165, 1.54) is 30.8 Å². The molecule has 204 valence electrons. The van der Waals surface area contributed by atoms with Gasteiger partial charge in [-0.05, 0) is 37.1 Å². The van der Waals surface area contributed by atoms with Crippen LogP contribution in [0, 0.1) is 17.0 Å². The van der Waals surface area contributed by atoms with Crippen LogP contribution < -0.4 is 14.8 Å². The summed E-state index contributed by atoms with van der Waals surface area (Å²) < 4.78 is 73.7. The Morgan fingerprint density at radius 3 is 2.55 bits per heavy atom. The molecule has 0 bridgehead atoms. The second-order valence-corrected chi connectivity index (χ2v) is 9.91. The van der Waals surface area contributed by atoms with Crippen LogP contribution in [0.1, 0.15) is 40.5 Å². The standard InChI is InChI=1S/C23H24F3N5O6S/c1-4-10-28-38(35,36)19-12-17(31(33)34)8-9-18(19)37-22-14(2)20(29-30(22)3)21(32)27-13-15-6-5-7-16(11-15)23(24,25)26/h5-9,11-12,28H,4,10,13H2,1-3H3,(H,27,32). The predicted octanol–water partition coefficient (Wildman–Crippen LogP) is 4.07. The van der Waals surface area contributed by atoms with Gasteiger partial charge in [0.05, 0.1) is 10.5 Å². The number of benzene rings is 2. The lowest BCUT2D eigenvalue weighted by Crippen LogP contribution is -2.25. The van der Waals surface area contributed by atoms with Crippen LogP contribution in [0.5, 0.6) is 11.6 Å². The van der Waals surface area contributed by atoms with Gasteiger partial charge >= 0.3 is 6.18 Å². The number of hydrogen-bond acceptors (Lipinski definition) is 7. The first kappa shape index (κ1) is 28.6. The van der Waals surface area contributed by atoms with Crippen LogP contribution in [0.15, 0.2) is 47.4 Å². The van der Waals surface area contributed by atoms with Crippen molar-refractivity contribution in [1.82, 2.24) is 19.8 Å². The number of carbonyl (C=O) groups is 1. The van der Waals surface area contributed by atoms with Gasteiger partial charge in [-0.1, -0.05) is 19.1 Å². The minimum Gasteiger partial charge on any atom is -0.438 e. The maximum atomic E-state index is 12.9. The summed E-state index contributed by atoms with van der Waals surface area (Å²) in [6, 6.07) is 7.56. The number of nitrogens with zero attached hydrogens (tertiary/aromatic N) is 3. The number of amides is 1. The first-order chi connectivity index (χ1) is 17.7. The van der Waals surface area contributed by atoms with Gasteiger partial charge in [-0.3, -0.25) is 14.9 Å². The number of sulfonamides is 1. The smallest absolute Gasteiger partial charge is 0.416 e. The molecule has 0 fully saturated rings. The van der Waals surface area contributed by atoms with E-state index in [0.29, 0.717) is 6.42 Å². The summed E-state index contributed by atoms with van der Waals surface area (Å²) >= 11 is 0. The zero-order valence-electron chi connectivity index (χ0n) is 20.5. The number of carbonyl (C=O) groups excluding carboxylic acids is 1. The molecular weight excluding hydrogens is 531 g/mol. The second-order valence-electron chi connectivity index (χ2n) is 8.17. The first-order valence-electron chi connectivity index (χ1n) is 11.2. The number of non-ortho nitro benzene ring substituents is 1. The molecule has 0 radical (unpaired) electrons. The molecule has 2 aromatic carbocycles. The highest BCUT2D eigenvalue weighted by atomic mass is 32.2. The molecule has 0 aliphatic heterocycles. The zero-order valence-corrected chi connectivity index (χ0v) is 21.3. The first-order valence-corrected chi connectivity index (χ1v) is 12.7. The summed E-state index contributed by atoms with van der Waals surface area (Å²) in [4.78, 5) is 22.8. The quantitative estimate of drug-likeness (QED) is 0.283. The Hall–Kier alpha value is -3.98. The maximum absolute atomic E-state index is 12.9. The number of aromatic nitrogens is 2. The average Bonchev–Trinajstić information content (AvgIpc) is 3.14. The van der Waals surface area contributed by atoms with E-state index in [1.807, 2.05) is 0 Å². The lowest BCUT2D eigenvalue weighted by Gasteiger charge is -2.13. The number of nitro groups is 1. The summed E-state index contributed by atoms with van der Waals surface area (Å²) in [6.45, 7) is 3.11. The monoisotopic (exact) mass is 555 g/mol. The van der Waals surface area contributed by atoms with E-state index in [2.05, 4.69) is 15.1 Å². The third-order valence-electron chi connectivity index (χ3n) is 5.32. The molecule has 0 saturated heterocycles.